The van der Waals surface area contributed by atoms with Crippen molar-refractivity contribution in [2.45, 2.75) is 13.3 Å². The van der Waals surface area contributed by atoms with Crippen molar-refractivity contribution < 1.29 is 9.59 Å². The van der Waals surface area contributed by atoms with Gasteiger partial charge in [0.25, 0.3) is 0 Å². The standard InChI is InChI=1S/C19H19N5O2/c1-12-6-8-14(9-7-12)24-11-13(10-17(24)25)18(26)22-23-19-20-15-4-2-3-5-16(15)21-19/h2-9,13H,10-11H2,1H3,(H,22,26)(H2,20,21,23). The molecule has 3 N–H and O–H groups in total. The van der Waals surface area contributed by atoms with Gasteiger partial charge in [0, 0.05) is 18.7 Å². The molecule has 26 heavy (non-hydrogen) atoms. The number of hydrogen-bond donors (Lipinski definition) is 3. The Morgan fingerprint density at radius 3 is 2.73 bits per heavy atom. The number of H-pyrrole nitrogens is 1. The SMILES string of the molecule is Cc1ccc(N2CC(C(=O)NNc3nc4ccccc4[nH]3)CC2=O)cc1. The highest BCUT2D eigenvalue weighted by Crippen LogP contribution is 2.25. The summed E-state index contributed by atoms with van der Waals surface area (Å²) >= 11 is 0. The van der Waals surface area contributed by atoms with E-state index in [0.29, 0.717) is 12.5 Å². The summed E-state index contributed by atoms with van der Waals surface area (Å²) in [5.41, 5.74) is 9.07. The van der Waals surface area contributed by atoms with Crippen molar-refractivity contribution in [3.63, 3.8) is 0 Å². The number of aromatic nitrogens is 2. The first-order valence-corrected chi connectivity index (χ1v) is 8.48. The molecule has 0 bridgehead atoms. The van der Waals surface area contributed by atoms with Crippen molar-refractivity contribution in [3.05, 3.63) is 54.1 Å². The van der Waals surface area contributed by atoms with Gasteiger partial charge < -0.3 is 9.88 Å². The van der Waals surface area contributed by atoms with E-state index in [1.807, 2.05) is 55.5 Å². The molecule has 1 aliphatic rings. The number of nitrogens with one attached hydrogen (secondary N) is 3. The van der Waals surface area contributed by atoms with Gasteiger partial charge in [-0.15, -0.1) is 0 Å². The number of para-hydroxylation sites is 2. The van der Waals surface area contributed by atoms with Gasteiger partial charge in [0.2, 0.25) is 17.8 Å². The molecule has 132 valence electrons. The van der Waals surface area contributed by atoms with E-state index < -0.39 is 5.92 Å². The Labute approximate surface area is 150 Å². The third kappa shape index (κ3) is 3.11. The van der Waals surface area contributed by atoms with Gasteiger partial charge in [0.05, 0.1) is 17.0 Å². The van der Waals surface area contributed by atoms with Crippen LogP contribution in [0.3, 0.4) is 0 Å². The minimum atomic E-state index is -0.402. The highest BCUT2D eigenvalue weighted by Gasteiger charge is 2.35. The molecule has 7 heteroatoms. The lowest BCUT2D eigenvalue weighted by Crippen LogP contribution is -2.36. The molecule has 2 aromatic carbocycles. The number of fused-ring (bicyclic) bond motifs is 1. The number of aromatic amines is 1. The second-order valence-electron chi connectivity index (χ2n) is 6.46. The molecule has 3 aromatic rings. The summed E-state index contributed by atoms with van der Waals surface area (Å²) in [6.07, 6.45) is 0.196. The summed E-state index contributed by atoms with van der Waals surface area (Å²) in [7, 11) is 0. The van der Waals surface area contributed by atoms with E-state index in [9.17, 15) is 9.59 Å². The maximum Gasteiger partial charge on any atom is 0.243 e. The molecule has 1 saturated heterocycles. The number of carbonyl (C=O) groups excluding carboxylic acids is 2. The molecule has 1 fully saturated rings. The summed E-state index contributed by atoms with van der Waals surface area (Å²) in [5, 5.41) is 0. The molecule has 2 amide bonds. The van der Waals surface area contributed by atoms with Crippen LogP contribution in [-0.4, -0.2) is 28.3 Å². The average molecular weight is 349 g/mol. The van der Waals surface area contributed by atoms with Crippen LogP contribution in [0.5, 0.6) is 0 Å². The third-order valence-electron chi connectivity index (χ3n) is 4.53. The average Bonchev–Trinajstić information content (AvgIpc) is 3.23. The highest BCUT2D eigenvalue weighted by atomic mass is 16.2. The fourth-order valence-corrected chi connectivity index (χ4v) is 3.09. The lowest BCUT2D eigenvalue weighted by atomic mass is 10.1. The normalized spacial score (nSPS) is 16.9. The van der Waals surface area contributed by atoms with Crippen molar-refractivity contribution in [1.29, 1.82) is 0 Å². The number of amides is 2. The van der Waals surface area contributed by atoms with Crippen LogP contribution >= 0.6 is 0 Å². The predicted molar refractivity (Wildman–Crippen MR) is 99.5 cm³/mol. The van der Waals surface area contributed by atoms with Crippen LogP contribution in [0.1, 0.15) is 12.0 Å². The minimum Gasteiger partial charge on any atom is -0.323 e. The Bertz CT molecular complexity index is 930. The predicted octanol–water partition coefficient (Wildman–Crippen LogP) is 2.37. The molecule has 0 saturated carbocycles. The first-order valence-electron chi connectivity index (χ1n) is 8.48. The van der Waals surface area contributed by atoms with Gasteiger partial charge >= 0.3 is 0 Å². The fraction of sp³-hybridized carbons (Fsp3) is 0.211. The van der Waals surface area contributed by atoms with E-state index in [1.54, 1.807) is 4.90 Å². The summed E-state index contributed by atoms with van der Waals surface area (Å²) < 4.78 is 0. The molecule has 1 atom stereocenters. The Kier molecular flexibility index (Phi) is 4.04. The lowest BCUT2D eigenvalue weighted by Gasteiger charge is -2.17. The maximum atomic E-state index is 12.4. The van der Waals surface area contributed by atoms with Crippen LogP contribution < -0.4 is 15.8 Å². The van der Waals surface area contributed by atoms with Gasteiger partial charge in [0.1, 0.15) is 0 Å². The molecule has 1 aliphatic heterocycles. The quantitative estimate of drug-likeness (QED) is 0.631. The van der Waals surface area contributed by atoms with Crippen molar-refractivity contribution >= 4 is 34.5 Å². The molecule has 1 aromatic heterocycles. The number of rotatable bonds is 4. The number of imidazole rings is 1. The van der Waals surface area contributed by atoms with Gasteiger partial charge in [-0.3, -0.25) is 20.4 Å². The number of hydrogen-bond acceptors (Lipinski definition) is 4. The zero-order chi connectivity index (χ0) is 18.1. The monoisotopic (exact) mass is 349 g/mol. The highest BCUT2D eigenvalue weighted by molar-refractivity contribution is 6.00. The topological polar surface area (TPSA) is 90.1 Å². The number of anilines is 2. The summed E-state index contributed by atoms with van der Waals surface area (Å²) in [4.78, 5) is 33.8. The van der Waals surface area contributed by atoms with E-state index in [0.717, 1.165) is 22.3 Å². The molecule has 0 radical (unpaired) electrons. The van der Waals surface area contributed by atoms with Gasteiger partial charge in [-0.25, -0.2) is 4.98 Å². The first kappa shape index (κ1) is 16.1. The zero-order valence-electron chi connectivity index (χ0n) is 14.3. The Balaban J connectivity index is 1.39. The summed E-state index contributed by atoms with van der Waals surface area (Å²) in [6, 6.07) is 15.3. The second-order valence-corrected chi connectivity index (χ2v) is 6.46. The number of nitrogens with zero attached hydrogens (tertiary/aromatic N) is 2. The van der Waals surface area contributed by atoms with Crippen LogP contribution in [0.15, 0.2) is 48.5 Å². The molecule has 1 unspecified atom stereocenters. The van der Waals surface area contributed by atoms with E-state index in [-0.39, 0.29) is 18.2 Å². The lowest BCUT2D eigenvalue weighted by molar-refractivity contribution is -0.125. The van der Waals surface area contributed by atoms with Crippen molar-refractivity contribution in [3.8, 4) is 0 Å². The van der Waals surface area contributed by atoms with E-state index in [2.05, 4.69) is 20.8 Å². The first-order chi connectivity index (χ1) is 12.6. The van der Waals surface area contributed by atoms with Crippen LogP contribution in [-0.2, 0) is 9.59 Å². The van der Waals surface area contributed by atoms with Gasteiger partial charge in [0.15, 0.2) is 0 Å². The van der Waals surface area contributed by atoms with Crippen molar-refractivity contribution in [2.24, 2.45) is 5.92 Å². The van der Waals surface area contributed by atoms with Crippen LogP contribution in [0, 0.1) is 12.8 Å². The van der Waals surface area contributed by atoms with Gasteiger partial charge in [-0.1, -0.05) is 29.8 Å². The van der Waals surface area contributed by atoms with Crippen LogP contribution in [0.25, 0.3) is 11.0 Å². The van der Waals surface area contributed by atoms with E-state index in [1.165, 1.54) is 0 Å². The van der Waals surface area contributed by atoms with Crippen LogP contribution in [0.4, 0.5) is 11.6 Å². The number of carbonyl (C=O) groups is 2. The van der Waals surface area contributed by atoms with Gasteiger partial charge in [-0.05, 0) is 31.2 Å². The van der Waals surface area contributed by atoms with Crippen LogP contribution in [0.2, 0.25) is 0 Å². The Morgan fingerprint density at radius 2 is 1.96 bits per heavy atom. The largest absolute Gasteiger partial charge is 0.323 e. The molecule has 4 rings (SSSR count). The molecule has 2 heterocycles. The Morgan fingerprint density at radius 1 is 1.19 bits per heavy atom. The smallest absolute Gasteiger partial charge is 0.243 e. The summed E-state index contributed by atoms with van der Waals surface area (Å²) in [6.45, 7) is 2.37. The minimum absolute atomic E-state index is 0.0438. The molecule has 7 nitrogen and oxygen atoms in total. The fourth-order valence-electron chi connectivity index (χ4n) is 3.09. The maximum absolute atomic E-state index is 12.4. The Hall–Kier alpha value is -3.35. The summed E-state index contributed by atoms with van der Waals surface area (Å²) in [5.74, 6) is -0.217. The molecule has 0 aliphatic carbocycles. The van der Waals surface area contributed by atoms with E-state index >= 15 is 0 Å². The van der Waals surface area contributed by atoms with Crippen molar-refractivity contribution in [1.82, 2.24) is 15.4 Å². The third-order valence-corrected chi connectivity index (χ3v) is 4.53. The van der Waals surface area contributed by atoms with Crippen molar-refractivity contribution in [2.75, 3.05) is 16.9 Å². The number of aryl methyl sites for hydroxylation is 1. The van der Waals surface area contributed by atoms with E-state index in [4.69, 9.17) is 0 Å². The molecular weight excluding hydrogens is 330 g/mol. The van der Waals surface area contributed by atoms with Gasteiger partial charge in [-0.2, -0.15) is 0 Å². The number of hydrazine groups is 1. The number of benzene rings is 2. The second kappa shape index (κ2) is 6.51. The molecular formula is C19H19N5O2. The molecule has 0 spiro atoms. The zero-order valence-corrected chi connectivity index (χ0v) is 14.3.